The standard InChI is InChI=1S/C22H27FN4O3/c1-12(2)11-27-15(5)18(14(4)25-27)10-20(28)29-16(6)22-24-21(26-30-22)17-8-7-13(3)19(23)9-17/h7-9,12,16H,10-11H2,1-6H3. The van der Waals surface area contributed by atoms with E-state index >= 15 is 0 Å². The van der Waals surface area contributed by atoms with Crippen molar-refractivity contribution in [3.63, 3.8) is 0 Å². The van der Waals surface area contributed by atoms with E-state index in [0.717, 1.165) is 23.5 Å². The summed E-state index contributed by atoms with van der Waals surface area (Å²) in [6, 6.07) is 4.71. The van der Waals surface area contributed by atoms with Crippen LogP contribution >= 0.6 is 0 Å². The molecule has 0 radical (unpaired) electrons. The van der Waals surface area contributed by atoms with Gasteiger partial charge in [0.05, 0.1) is 12.1 Å². The largest absolute Gasteiger partial charge is 0.452 e. The van der Waals surface area contributed by atoms with Crippen molar-refractivity contribution < 1.29 is 18.4 Å². The van der Waals surface area contributed by atoms with Gasteiger partial charge in [-0.25, -0.2) is 4.39 Å². The molecule has 3 aromatic rings. The second kappa shape index (κ2) is 8.77. The highest BCUT2D eigenvalue weighted by molar-refractivity contribution is 5.73. The molecule has 2 heterocycles. The minimum absolute atomic E-state index is 0.115. The zero-order valence-corrected chi connectivity index (χ0v) is 18.2. The fourth-order valence-corrected chi connectivity index (χ4v) is 3.20. The number of hydrogen-bond donors (Lipinski definition) is 0. The molecule has 7 nitrogen and oxygen atoms in total. The lowest BCUT2D eigenvalue weighted by atomic mass is 10.1. The summed E-state index contributed by atoms with van der Waals surface area (Å²) >= 11 is 0. The van der Waals surface area contributed by atoms with Crippen LogP contribution in [-0.4, -0.2) is 25.9 Å². The molecule has 0 bridgehead atoms. The van der Waals surface area contributed by atoms with Crippen LogP contribution in [-0.2, 0) is 22.5 Å². The zero-order valence-electron chi connectivity index (χ0n) is 18.2. The van der Waals surface area contributed by atoms with Gasteiger partial charge in [0.15, 0.2) is 6.10 Å². The predicted molar refractivity (Wildman–Crippen MR) is 109 cm³/mol. The number of hydrogen-bond acceptors (Lipinski definition) is 6. The first-order valence-electron chi connectivity index (χ1n) is 9.98. The van der Waals surface area contributed by atoms with Crippen molar-refractivity contribution in [3.05, 3.63) is 52.4 Å². The maximum absolute atomic E-state index is 13.8. The lowest BCUT2D eigenvalue weighted by Crippen LogP contribution is -2.13. The van der Waals surface area contributed by atoms with E-state index in [1.165, 1.54) is 6.07 Å². The van der Waals surface area contributed by atoms with Crippen molar-refractivity contribution in [2.75, 3.05) is 0 Å². The fourth-order valence-electron chi connectivity index (χ4n) is 3.20. The summed E-state index contributed by atoms with van der Waals surface area (Å²) in [5.41, 5.74) is 3.68. The second-order valence-corrected chi connectivity index (χ2v) is 7.95. The van der Waals surface area contributed by atoms with E-state index in [2.05, 4.69) is 29.1 Å². The van der Waals surface area contributed by atoms with Crippen molar-refractivity contribution in [2.24, 2.45) is 5.92 Å². The first kappa shape index (κ1) is 21.7. The summed E-state index contributed by atoms with van der Waals surface area (Å²) in [6.45, 7) is 12.2. The Labute approximate surface area is 175 Å². The number of ether oxygens (including phenoxy) is 1. The average molecular weight is 414 g/mol. The maximum Gasteiger partial charge on any atom is 0.311 e. The lowest BCUT2D eigenvalue weighted by molar-refractivity contribution is -0.148. The molecule has 0 amide bonds. The van der Waals surface area contributed by atoms with Gasteiger partial charge in [0.25, 0.3) is 5.89 Å². The molecule has 1 atom stereocenters. The lowest BCUT2D eigenvalue weighted by Gasteiger charge is -2.10. The Balaban J connectivity index is 1.67. The molecule has 3 rings (SSSR count). The highest BCUT2D eigenvalue weighted by Crippen LogP contribution is 2.23. The van der Waals surface area contributed by atoms with E-state index in [4.69, 9.17) is 9.26 Å². The van der Waals surface area contributed by atoms with Crippen LogP contribution in [0, 0.1) is 32.5 Å². The van der Waals surface area contributed by atoms with Gasteiger partial charge in [-0.1, -0.05) is 31.1 Å². The van der Waals surface area contributed by atoms with Crippen molar-refractivity contribution in [1.29, 1.82) is 0 Å². The monoisotopic (exact) mass is 414 g/mol. The number of esters is 1. The molecule has 0 aliphatic heterocycles. The number of halogens is 1. The summed E-state index contributed by atoms with van der Waals surface area (Å²) in [5.74, 6) is 0.106. The second-order valence-electron chi connectivity index (χ2n) is 7.95. The molecule has 0 fully saturated rings. The van der Waals surface area contributed by atoms with Crippen LogP contribution in [0.1, 0.15) is 55.3 Å². The normalized spacial score (nSPS) is 12.4. The van der Waals surface area contributed by atoms with E-state index < -0.39 is 12.1 Å². The van der Waals surface area contributed by atoms with Crippen LogP contribution < -0.4 is 0 Å². The van der Waals surface area contributed by atoms with Crippen LogP contribution in [0.5, 0.6) is 0 Å². The Morgan fingerprint density at radius 2 is 1.97 bits per heavy atom. The fraction of sp³-hybridized carbons (Fsp3) is 0.455. The number of nitrogens with zero attached hydrogens (tertiary/aromatic N) is 4. The molecular formula is C22H27FN4O3. The van der Waals surface area contributed by atoms with Gasteiger partial charge in [-0.2, -0.15) is 10.1 Å². The first-order valence-corrected chi connectivity index (χ1v) is 9.98. The highest BCUT2D eigenvalue weighted by Gasteiger charge is 2.22. The number of rotatable bonds is 7. The summed E-state index contributed by atoms with van der Waals surface area (Å²) in [5, 5.41) is 8.40. The van der Waals surface area contributed by atoms with Crippen molar-refractivity contribution in [3.8, 4) is 11.4 Å². The molecule has 0 aliphatic carbocycles. The molecule has 160 valence electrons. The molecule has 30 heavy (non-hydrogen) atoms. The molecule has 2 aromatic heterocycles. The first-order chi connectivity index (χ1) is 14.2. The third kappa shape index (κ3) is 4.75. The molecule has 1 aromatic carbocycles. The Kier molecular flexibility index (Phi) is 6.34. The third-order valence-corrected chi connectivity index (χ3v) is 4.92. The average Bonchev–Trinajstić information content (AvgIpc) is 3.25. The van der Waals surface area contributed by atoms with Crippen LogP contribution in [0.15, 0.2) is 22.7 Å². The number of aromatic nitrogens is 4. The Hall–Kier alpha value is -3.03. The quantitative estimate of drug-likeness (QED) is 0.529. The maximum atomic E-state index is 13.8. The van der Waals surface area contributed by atoms with Crippen LogP contribution in [0.3, 0.4) is 0 Å². The molecule has 0 spiro atoms. The zero-order chi connectivity index (χ0) is 22.0. The predicted octanol–water partition coefficient (Wildman–Crippen LogP) is 4.50. The molecule has 8 heteroatoms. The van der Waals surface area contributed by atoms with E-state index in [1.54, 1.807) is 26.0 Å². The molecule has 1 unspecified atom stereocenters. The van der Waals surface area contributed by atoms with Gasteiger partial charge >= 0.3 is 5.97 Å². The van der Waals surface area contributed by atoms with Crippen LogP contribution in [0.2, 0.25) is 0 Å². The smallest absolute Gasteiger partial charge is 0.311 e. The van der Waals surface area contributed by atoms with E-state index in [0.29, 0.717) is 17.0 Å². The summed E-state index contributed by atoms with van der Waals surface area (Å²) in [6.07, 6.45) is -0.607. The van der Waals surface area contributed by atoms with E-state index in [9.17, 15) is 9.18 Å². The minimum atomic E-state index is -0.722. The molecule has 0 saturated carbocycles. The molecular weight excluding hydrogens is 387 g/mol. The van der Waals surface area contributed by atoms with E-state index in [1.807, 2.05) is 18.5 Å². The van der Waals surface area contributed by atoms with Gasteiger partial charge in [-0.05, 0) is 45.2 Å². The van der Waals surface area contributed by atoms with Gasteiger partial charge in [0, 0.05) is 23.4 Å². The SMILES string of the molecule is Cc1ccc(-c2noc(C(C)OC(=O)Cc3c(C)nn(CC(C)C)c3C)n2)cc1F. The van der Waals surface area contributed by atoms with E-state index in [-0.39, 0.29) is 24.0 Å². The topological polar surface area (TPSA) is 83.0 Å². The summed E-state index contributed by atoms with van der Waals surface area (Å²) in [7, 11) is 0. The van der Waals surface area contributed by atoms with Crippen molar-refractivity contribution in [1.82, 2.24) is 19.9 Å². The number of carbonyl (C=O) groups is 1. The van der Waals surface area contributed by atoms with Gasteiger partial charge in [-0.3, -0.25) is 9.48 Å². The number of benzene rings is 1. The van der Waals surface area contributed by atoms with Gasteiger partial charge in [0.1, 0.15) is 5.82 Å². The summed E-state index contributed by atoms with van der Waals surface area (Å²) < 4.78 is 26.4. The number of aryl methyl sites for hydroxylation is 2. The van der Waals surface area contributed by atoms with Crippen molar-refractivity contribution in [2.45, 2.75) is 60.6 Å². The Morgan fingerprint density at radius 1 is 1.23 bits per heavy atom. The molecule has 0 saturated heterocycles. The van der Waals surface area contributed by atoms with Crippen molar-refractivity contribution >= 4 is 5.97 Å². The minimum Gasteiger partial charge on any atom is -0.452 e. The molecule has 0 aliphatic rings. The number of carbonyl (C=O) groups excluding carboxylic acids is 1. The summed E-state index contributed by atoms with van der Waals surface area (Å²) in [4.78, 5) is 16.7. The van der Waals surface area contributed by atoms with Gasteiger partial charge in [0.2, 0.25) is 5.82 Å². The Bertz CT molecular complexity index is 1050. The van der Waals surface area contributed by atoms with Crippen LogP contribution in [0.25, 0.3) is 11.4 Å². The Morgan fingerprint density at radius 3 is 2.63 bits per heavy atom. The third-order valence-electron chi connectivity index (χ3n) is 4.92. The van der Waals surface area contributed by atoms with Crippen LogP contribution in [0.4, 0.5) is 4.39 Å². The van der Waals surface area contributed by atoms with Gasteiger partial charge < -0.3 is 9.26 Å². The molecule has 0 N–H and O–H groups in total. The highest BCUT2D eigenvalue weighted by atomic mass is 19.1. The van der Waals surface area contributed by atoms with Gasteiger partial charge in [-0.15, -0.1) is 0 Å².